The molecule has 1 saturated heterocycles. The van der Waals surface area contributed by atoms with Crippen LogP contribution in [0.15, 0.2) is 92.9 Å². The molecule has 37 heavy (non-hydrogen) atoms. The van der Waals surface area contributed by atoms with Gasteiger partial charge in [-0.1, -0.05) is 48.0 Å². The number of hydrogen-bond donors (Lipinski definition) is 0. The third kappa shape index (κ3) is 4.00. The minimum atomic E-state index is -0.566. The van der Waals surface area contributed by atoms with E-state index in [1.807, 2.05) is 49.4 Å². The second-order valence-corrected chi connectivity index (χ2v) is 9.32. The molecule has 0 bridgehead atoms. The molecular formula is C29H26N4O4. The lowest BCUT2D eigenvalue weighted by molar-refractivity contribution is -0.132. The molecule has 186 valence electrons. The van der Waals surface area contributed by atoms with Gasteiger partial charge in [-0.25, -0.2) is 9.36 Å². The van der Waals surface area contributed by atoms with Gasteiger partial charge in [-0.15, -0.1) is 0 Å². The Kier molecular flexibility index (Phi) is 5.64. The van der Waals surface area contributed by atoms with Gasteiger partial charge in [-0.05, 0) is 43.3 Å². The molecule has 0 radical (unpaired) electrons. The number of para-hydroxylation sites is 2. The lowest BCUT2D eigenvalue weighted by Crippen LogP contribution is -2.50. The number of furan rings is 1. The Morgan fingerprint density at radius 2 is 1.49 bits per heavy atom. The largest absolute Gasteiger partial charge is 0.449 e. The molecule has 3 heterocycles. The van der Waals surface area contributed by atoms with Gasteiger partial charge in [0.05, 0.1) is 5.69 Å². The summed E-state index contributed by atoms with van der Waals surface area (Å²) in [5.74, 6) is -0.171. The van der Waals surface area contributed by atoms with Gasteiger partial charge >= 0.3 is 11.2 Å². The predicted octanol–water partition coefficient (Wildman–Crippen LogP) is 3.56. The Morgan fingerprint density at radius 3 is 2.22 bits per heavy atom. The van der Waals surface area contributed by atoms with Gasteiger partial charge in [0.25, 0.3) is 0 Å². The van der Waals surface area contributed by atoms with Crippen molar-refractivity contribution in [3.8, 4) is 5.69 Å². The van der Waals surface area contributed by atoms with Crippen molar-refractivity contribution in [2.75, 3.05) is 31.1 Å². The maximum Gasteiger partial charge on any atom is 0.336 e. The molecule has 0 spiro atoms. The van der Waals surface area contributed by atoms with Crippen LogP contribution in [0.2, 0.25) is 0 Å². The molecule has 3 aromatic carbocycles. The van der Waals surface area contributed by atoms with Crippen molar-refractivity contribution in [2.45, 2.75) is 13.5 Å². The molecule has 1 amide bonds. The van der Waals surface area contributed by atoms with Gasteiger partial charge in [-0.3, -0.25) is 14.2 Å². The fourth-order valence-electron chi connectivity index (χ4n) is 5.01. The molecule has 2 aromatic heterocycles. The highest BCUT2D eigenvalue weighted by molar-refractivity contribution is 6.02. The van der Waals surface area contributed by atoms with E-state index in [0.29, 0.717) is 48.4 Å². The van der Waals surface area contributed by atoms with Crippen LogP contribution in [0.25, 0.3) is 27.8 Å². The number of piperazine rings is 1. The third-order valence-corrected chi connectivity index (χ3v) is 7.00. The van der Waals surface area contributed by atoms with Gasteiger partial charge in [0.15, 0.2) is 0 Å². The Labute approximate surface area is 212 Å². The van der Waals surface area contributed by atoms with Crippen molar-refractivity contribution in [3.63, 3.8) is 0 Å². The fraction of sp³-hybridized carbons (Fsp3) is 0.207. The summed E-state index contributed by atoms with van der Waals surface area (Å²) in [5, 5.41) is 0.629. The SMILES string of the molecule is Cc1ccc(-n2c(=O)c3oc4ccccc4c3n(CC(=O)N3CCN(c4ccccc4)CC3)c2=O)cc1. The highest BCUT2D eigenvalue weighted by Crippen LogP contribution is 2.26. The first-order chi connectivity index (χ1) is 18.0. The average molecular weight is 495 g/mol. The highest BCUT2D eigenvalue weighted by atomic mass is 16.3. The summed E-state index contributed by atoms with van der Waals surface area (Å²) in [4.78, 5) is 44.8. The number of benzene rings is 3. The van der Waals surface area contributed by atoms with Gasteiger partial charge < -0.3 is 14.2 Å². The number of aromatic nitrogens is 2. The van der Waals surface area contributed by atoms with E-state index in [1.165, 1.54) is 4.57 Å². The monoisotopic (exact) mass is 494 g/mol. The quantitative estimate of drug-likeness (QED) is 0.382. The van der Waals surface area contributed by atoms with E-state index in [-0.39, 0.29) is 18.0 Å². The van der Waals surface area contributed by atoms with Gasteiger partial charge in [0, 0.05) is 37.3 Å². The van der Waals surface area contributed by atoms with Crippen molar-refractivity contribution in [3.05, 3.63) is 105 Å². The summed E-state index contributed by atoms with van der Waals surface area (Å²) in [7, 11) is 0. The number of carbonyl (C=O) groups is 1. The van der Waals surface area contributed by atoms with E-state index in [1.54, 1.807) is 29.2 Å². The first-order valence-corrected chi connectivity index (χ1v) is 12.3. The van der Waals surface area contributed by atoms with Crippen LogP contribution in [0.4, 0.5) is 5.69 Å². The van der Waals surface area contributed by atoms with Crippen LogP contribution in [0, 0.1) is 6.92 Å². The van der Waals surface area contributed by atoms with Crippen molar-refractivity contribution in [2.24, 2.45) is 0 Å². The molecule has 1 fully saturated rings. The van der Waals surface area contributed by atoms with E-state index in [2.05, 4.69) is 17.0 Å². The Hall–Kier alpha value is -4.59. The van der Waals surface area contributed by atoms with Crippen LogP contribution in [-0.2, 0) is 11.3 Å². The Balaban J connectivity index is 1.40. The van der Waals surface area contributed by atoms with Crippen molar-refractivity contribution in [1.29, 1.82) is 0 Å². The lowest BCUT2D eigenvalue weighted by Gasteiger charge is -2.36. The third-order valence-electron chi connectivity index (χ3n) is 7.00. The lowest BCUT2D eigenvalue weighted by atomic mass is 10.2. The molecule has 0 saturated carbocycles. The topological polar surface area (TPSA) is 80.7 Å². The number of fused-ring (bicyclic) bond motifs is 3. The maximum atomic E-state index is 13.8. The van der Waals surface area contributed by atoms with Crippen LogP contribution in [0.1, 0.15) is 5.56 Å². The molecule has 8 heteroatoms. The molecule has 8 nitrogen and oxygen atoms in total. The summed E-state index contributed by atoms with van der Waals surface area (Å²) < 4.78 is 8.40. The Morgan fingerprint density at radius 1 is 0.811 bits per heavy atom. The second-order valence-electron chi connectivity index (χ2n) is 9.32. The van der Waals surface area contributed by atoms with Gasteiger partial charge in [-0.2, -0.15) is 0 Å². The van der Waals surface area contributed by atoms with E-state index < -0.39 is 11.2 Å². The zero-order chi connectivity index (χ0) is 25.5. The summed E-state index contributed by atoms with van der Waals surface area (Å²) >= 11 is 0. The smallest absolute Gasteiger partial charge is 0.336 e. The van der Waals surface area contributed by atoms with Crippen LogP contribution >= 0.6 is 0 Å². The molecule has 5 aromatic rings. The molecule has 1 aliphatic heterocycles. The summed E-state index contributed by atoms with van der Waals surface area (Å²) in [6, 6.07) is 24.4. The molecule has 0 atom stereocenters. The first kappa shape index (κ1) is 22.8. The molecule has 1 aliphatic rings. The second kappa shape index (κ2) is 9.13. The zero-order valence-electron chi connectivity index (χ0n) is 20.5. The minimum Gasteiger partial charge on any atom is -0.449 e. The fourth-order valence-corrected chi connectivity index (χ4v) is 5.01. The van der Waals surface area contributed by atoms with Gasteiger partial charge in [0.2, 0.25) is 11.5 Å². The molecule has 0 N–H and O–H groups in total. The van der Waals surface area contributed by atoms with Crippen molar-refractivity contribution >= 4 is 33.7 Å². The van der Waals surface area contributed by atoms with E-state index in [4.69, 9.17) is 4.42 Å². The molecule has 0 aliphatic carbocycles. The number of nitrogens with zero attached hydrogens (tertiary/aromatic N) is 4. The van der Waals surface area contributed by atoms with Crippen LogP contribution in [0.3, 0.4) is 0 Å². The first-order valence-electron chi connectivity index (χ1n) is 12.3. The molecule has 0 unspecified atom stereocenters. The normalized spacial score (nSPS) is 14.0. The molecular weight excluding hydrogens is 468 g/mol. The standard InChI is InChI=1S/C29H26N4O4/c1-20-11-13-22(14-12-20)33-28(35)27-26(23-9-5-6-10-24(23)37-27)32(29(33)36)19-25(34)31-17-15-30(16-18-31)21-7-3-2-4-8-21/h2-14H,15-19H2,1H3. The maximum absolute atomic E-state index is 13.8. The van der Waals surface area contributed by atoms with Crippen LogP contribution in [-0.4, -0.2) is 46.1 Å². The number of carbonyl (C=O) groups excluding carboxylic acids is 1. The van der Waals surface area contributed by atoms with E-state index >= 15 is 0 Å². The molecule has 6 rings (SSSR count). The van der Waals surface area contributed by atoms with Gasteiger partial charge in [0.1, 0.15) is 17.6 Å². The van der Waals surface area contributed by atoms with E-state index in [9.17, 15) is 14.4 Å². The summed E-state index contributed by atoms with van der Waals surface area (Å²) in [6.45, 7) is 4.26. The number of hydrogen-bond acceptors (Lipinski definition) is 5. The van der Waals surface area contributed by atoms with Crippen molar-refractivity contribution in [1.82, 2.24) is 14.0 Å². The highest BCUT2D eigenvalue weighted by Gasteiger charge is 2.26. The average Bonchev–Trinajstić information content (AvgIpc) is 3.33. The number of rotatable bonds is 4. The van der Waals surface area contributed by atoms with Crippen LogP contribution in [0.5, 0.6) is 0 Å². The van der Waals surface area contributed by atoms with Crippen molar-refractivity contribution < 1.29 is 9.21 Å². The number of anilines is 1. The van der Waals surface area contributed by atoms with Crippen LogP contribution < -0.4 is 16.1 Å². The summed E-state index contributed by atoms with van der Waals surface area (Å²) in [6.07, 6.45) is 0. The number of amides is 1. The Bertz CT molecular complexity index is 1720. The predicted molar refractivity (Wildman–Crippen MR) is 144 cm³/mol. The zero-order valence-corrected chi connectivity index (χ0v) is 20.5. The minimum absolute atomic E-state index is 0.0584. The number of aryl methyl sites for hydroxylation is 1. The summed E-state index contributed by atoms with van der Waals surface area (Å²) in [5.41, 5.74) is 2.36. The van der Waals surface area contributed by atoms with E-state index in [0.717, 1.165) is 15.8 Å².